The van der Waals surface area contributed by atoms with Crippen molar-refractivity contribution in [2.45, 2.75) is 12.0 Å². The van der Waals surface area contributed by atoms with E-state index in [0.717, 1.165) is 16.7 Å². The van der Waals surface area contributed by atoms with Gasteiger partial charge in [0.2, 0.25) is 5.91 Å². The molecule has 0 aliphatic carbocycles. The number of carboxylic acid groups (broad SMARTS) is 1. The molecule has 1 aliphatic heterocycles. The minimum atomic E-state index is -0.972. The Bertz CT molecular complexity index is 1040. The van der Waals surface area contributed by atoms with Gasteiger partial charge >= 0.3 is 5.97 Å². The van der Waals surface area contributed by atoms with Gasteiger partial charge in [-0.3, -0.25) is 9.69 Å². The number of piperazine rings is 1. The summed E-state index contributed by atoms with van der Waals surface area (Å²) in [5.74, 6) is -1.67. The number of carbonyl (C=O) groups excluding carboxylic acids is 1. The van der Waals surface area contributed by atoms with E-state index in [0.29, 0.717) is 26.2 Å². The molecule has 4 rings (SSSR count). The number of rotatable bonds is 7. The van der Waals surface area contributed by atoms with E-state index < -0.39 is 17.9 Å². The van der Waals surface area contributed by atoms with E-state index in [9.17, 15) is 14.7 Å². The van der Waals surface area contributed by atoms with Gasteiger partial charge in [0.25, 0.3) is 0 Å². The van der Waals surface area contributed by atoms with Crippen molar-refractivity contribution in [2.75, 3.05) is 26.2 Å². The average Bonchev–Trinajstić information content (AvgIpc) is 2.86. The van der Waals surface area contributed by atoms with Gasteiger partial charge in [0, 0.05) is 26.2 Å². The van der Waals surface area contributed by atoms with Gasteiger partial charge in [0.15, 0.2) is 0 Å². The third kappa shape index (κ3) is 5.57. The molecule has 168 valence electrons. The van der Waals surface area contributed by atoms with Crippen LogP contribution in [0.1, 0.15) is 22.6 Å². The second kappa shape index (κ2) is 10.7. The summed E-state index contributed by atoms with van der Waals surface area (Å²) in [6, 6.07) is 28.3. The first-order chi connectivity index (χ1) is 16.1. The lowest BCUT2D eigenvalue weighted by Crippen LogP contribution is -2.59. The number of carboxylic acids is 1. The van der Waals surface area contributed by atoms with Gasteiger partial charge < -0.3 is 10.0 Å². The monoisotopic (exact) mass is 440 g/mol. The number of nitrogens with zero attached hydrogens (tertiary/aromatic N) is 2. The van der Waals surface area contributed by atoms with Crippen molar-refractivity contribution in [3.63, 3.8) is 0 Å². The van der Waals surface area contributed by atoms with Crippen LogP contribution in [0.15, 0.2) is 97.1 Å². The minimum absolute atomic E-state index is 0.167. The molecule has 3 aromatic carbocycles. The zero-order valence-corrected chi connectivity index (χ0v) is 18.5. The third-order valence-corrected chi connectivity index (χ3v) is 6.02. The summed E-state index contributed by atoms with van der Waals surface area (Å²) >= 11 is 0. The molecule has 0 aromatic heterocycles. The SMILES string of the molecule is O=C(O)[C@@H]1CN(CC=Cc2ccccc2)CCN1C(=O)C(c1ccccc1)c1ccccc1. The molecule has 1 aliphatic rings. The van der Waals surface area contributed by atoms with Gasteiger partial charge in [0.1, 0.15) is 6.04 Å². The first-order valence-electron chi connectivity index (χ1n) is 11.2. The third-order valence-electron chi connectivity index (χ3n) is 6.02. The summed E-state index contributed by atoms with van der Waals surface area (Å²) in [5, 5.41) is 9.96. The second-order valence-corrected chi connectivity index (χ2v) is 8.21. The van der Waals surface area contributed by atoms with Gasteiger partial charge in [0.05, 0.1) is 5.92 Å². The number of benzene rings is 3. The van der Waals surface area contributed by atoms with Crippen LogP contribution in [0.3, 0.4) is 0 Å². The first-order valence-corrected chi connectivity index (χ1v) is 11.2. The Balaban J connectivity index is 1.51. The van der Waals surface area contributed by atoms with Crippen molar-refractivity contribution >= 4 is 18.0 Å². The Labute approximate surface area is 194 Å². The largest absolute Gasteiger partial charge is 0.480 e. The molecule has 5 heteroatoms. The standard InChI is InChI=1S/C28H28N2O3/c31-27(26(23-14-6-2-7-15-23)24-16-8-3-9-17-24)30-20-19-29(21-25(30)28(32)33)18-10-13-22-11-4-1-5-12-22/h1-17,25-26H,18-21H2,(H,32,33)/t25-/m0/s1. The highest BCUT2D eigenvalue weighted by atomic mass is 16.4. The van der Waals surface area contributed by atoms with Crippen molar-refractivity contribution in [3.8, 4) is 0 Å². The minimum Gasteiger partial charge on any atom is -0.480 e. The summed E-state index contributed by atoms with van der Waals surface area (Å²) in [4.78, 5) is 29.5. The smallest absolute Gasteiger partial charge is 0.327 e. The maximum Gasteiger partial charge on any atom is 0.327 e. The summed E-state index contributed by atoms with van der Waals surface area (Å²) in [6.07, 6.45) is 4.08. The van der Waals surface area contributed by atoms with Crippen molar-refractivity contribution < 1.29 is 14.7 Å². The average molecular weight is 441 g/mol. The Hall–Kier alpha value is -3.70. The highest BCUT2D eigenvalue weighted by molar-refractivity contribution is 5.91. The van der Waals surface area contributed by atoms with E-state index in [1.807, 2.05) is 103 Å². The summed E-state index contributed by atoms with van der Waals surface area (Å²) in [5.41, 5.74) is 2.84. The molecule has 3 aromatic rings. The Morgan fingerprint density at radius 3 is 1.94 bits per heavy atom. The van der Waals surface area contributed by atoms with Crippen LogP contribution >= 0.6 is 0 Å². The van der Waals surface area contributed by atoms with Crippen molar-refractivity contribution in [1.82, 2.24) is 9.80 Å². The molecule has 33 heavy (non-hydrogen) atoms. The molecule has 1 atom stereocenters. The van der Waals surface area contributed by atoms with E-state index in [4.69, 9.17) is 0 Å². The lowest BCUT2D eigenvalue weighted by atomic mass is 9.89. The van der Waals surface area contributed by atoms with Gasteiger partial charge in [-0.15, -0.1) is 0 Å². The van der Waals surface area contributed by atoms with E-state index in [1.165, 1.54) is 0 Å². The highest BCUT2D eigenvalue weighted by Crippen LogP contribution is 2.28. The molecule has 0 spiro atoms. The molecule has 0 radical (unpaired) electrons. The summed E-state index contributed by atoms with van der Waals surface area (Å²) < 4.78 is 0. The highest BCUT2D eigenvalue weighted by Gasteiger charge is 2.38. The van der Waals surface area contributed by atoms with Crippen LogP contribution in [0.2, 0.25) is 0 Å². The molecule has 1 amide bonds. The predicted molar refractivity (Wildman–Crippen MR) is 130 cm³/mol. The van der Waals surface area contributed by atoms with E-state index in [2.05, 4.69) is 4.90 Å². The fraction of sp³-hybridized carbons (Fsp3) is 0.214. The Morgan fingerprint density at radius 1 is 0.848 bits per heavy atom. The molecule has 0 unspecified atom stereocenters. The van der Waals surface area contributed by atoms with Crippen molar-refractivity contribution in [3.05, 3.63) is 114 Å². The van der Waals surface area contributed by atoms with Crippen LogP contribution < -0.4 is 0 Å². The van der Waals surface area contributed by atoms with E-state index >= 15 is 0 Å². The molecular weight excluding hydrogens is 412 g/mol. The van der Waals surface area contributed by atoms with Gasteiger partial charge in [-0.25, -0.2) is 4.79 Å². The van der Waals surface area contributed by atoms with Gasteiger partial charge in [-0.05, 0) is 16.7 Å². The maximum absolute atomic E-state index is 13.7. The number of hydrogen-bond donors (Lipinski definition) is 1. The van der Waals surface area contributed by atoms with Crippen molar-refractivity contribution in [1.29, 1.82) is 0 Å². The maximum atomic E-state index is 13.7. The van der Waals surface area contributed by atoms with Crippen LogP contribution in [0, 0.1) is 0 Å². The van der Waals surface area contributed by atoms with Crippen LogP contribution in [-0.4, -0.2) is 59.0 Å². The lowest BCUT2D eigenvalue weighted by Gasteiger charge is -2.40. The number of aliphatic carboxylic acids is 1. The normalized spacial score (nSPS) is 16.9. The topological polar surface area (TPSA) is 60.9 Å². The second-order valence-electron chi connectivity index (χ2n) is 8.21. The number of hydrogen-bond acceptors (Lipinski definition) is 3. The fourth-order valence-corrected chi connectivity index (χ4v) is 4.32. The number of amides is 1. The Morgan fingerprint density at radius 2 is 1.39 bits per heavy atom. The first kappa shape index (κ1) is 22.5. The zero-order valence-electron chi connectivity index (χ0n) is 18.5. The van der Waals surface area contributed by atoms with E-state index in [1.54, 1.807) is 4.90 Å². The van der Waals surface area contributed by atoms with Crippen LogP contribution in [-0.2, 0) is 9.59 Å². The molecule has 5 nitrogen and oxygen atoms in total. The molecule has 1 saturated heterocycles. The van der Waals surface area contributed by atoms with Crippen LogP contribution in [0.5, 0.6) is 0 Å². The van der Waals surface area contributed by atoms with Crippen LogP contribution in [0.4, 0.5) is 0 Å². The van der Waals surface area contributed by atoms with E-state index in [-0.39, 0.29) is 5.91 Å². The summed E-state index contributed by atoms with van der Waals surface area (Å²) in [7, 11) is 0. The molecule has 1 N–H and O–H groups in total. The van der Waals surface area contributed by atoms with Gasteiger partial charge in [-0.1, -0.05) is 103 Å². The summed E-state index contributed by atoms with van der Waals surface area (Å²) in [6.45, 7) is 1.95. The number of carbonyl (C=O) groups is 2. The van der Waals surface area contributed by atoms with Crippen molar-refractivity contribution in [2.24, 2.45) is 0 Å². The fourth-order valence-electron chi connectivity index (χ4n) is 4.32. The predicted octanol–water partition coefficient (Wildman–Crippen LogP) is 4.13. The molecule has 0 saturated carbocycles. The zero-order chi connectivity index (χ0) is 23.0. The lowest BCUT2D eigenvalue weighted by molar-refractivity contribution is -0.153. The van der Waals surface area contributed by atoms with Crippen LogP contribution in [0.25, 0.3) is 6.08 Å². The molecule has 1 fully saturated rings. The Kier molecular flexibility index (Phi) is 7.33. The molecule has 1 heterocycles. The molecular formula is C28H28N2O3. The molecule has 0 bridgehead atoms. The quantitative estimate of drug-likeness (QED) is 0.600. The van der Waals surface area contributed by atoms with Gasteiger partial charge in [-0.2, -0.15) is 0 Å².